The molecule has 1 aliphatic heterocycles. The van der Waals surface area contributed by atoms with Gasteiger partial charge in [0.2, 0.25) is 0 Å². The third kappa shape index (κ3) is 5.33. The van der Waals surface area contributed by atoms with Gasteiger partial charge in [0, 0.05) is 66.8 Å². The van der Waals surface area contributed by atoms with Crippen LogP contribution >= 0.6 is 0 Å². The number of piperidine rings is 1. The van der Waals surface area contributed by atoms with E-state index in [0.29, 0.717) is 36.6 Å². The maximum absolute atomic E-state index is 14.7. The first-order chi connectivity index (χ1) is 18.1. The molecule has 2 atom stereocenters. The third-order valence-corrected chi connectivity index (χ3v) is 6.95. The van der Waals surface area contributed by atoms with Gasteiger partial charge in [0.15, 0.2) is 0 Å². The number of aromatic nitrogens is 3. The number of carbonyl (C=O) groups excluding carboxylic acids is 1. The first kappa shape index (κ1) is 24.9. The minimum Gasteiger partial charge on any atom is -0.496 e. The normalized spacial score (nSPS) is 18.1. The molecule has 2 aromatic carbocycles. The predicted molar refractivity (Wildman–Crippen MR) is 139 cm³/mol. The van der Waals surface area contributed by atoms with Crippen molar-refractivity contribution in [3.8, 4) is 17.0 Å². The molecule has 0 unspecified atom stereocenters. The van der Waals surface area contributed by atoms with Gasteiger partial charge in [-0.15, -0.1) is 0 Å². The zero-order valence-electron chi connectivity index (χ0n) is 20.9. The molecule has 1 aliphatic rings. The largest absolute Gasteiger partial charge is 0.496 e. The molecule has 0 aliphatic carbocycles. The van der Waals surface area contributed by atoms with Crippen LogP contribution in [0.2, 0.25) is 0 Å². The van der Waals surface area contributed by atoms with Crippen LogP contribution in [0.4, 0.5) is 4.39 Å². The molecule has 2 aromatic heterocycles. The molecule has 5 rings (SSSR count). The minimum atomic E-state index is -0.305. The molecule has 192 valence electrons. The van der Waals surface area contributed by atoms with E-state index in [4.69, 9.17) is 9.47 Å². The molecule has 0 saturated carbocycles. The molecule has 2 N–H and O–H groups in total. The van der Waals surface area contributed by atoms with Crippen LogP contribution in [-0.2, 0) is 11.3 Å². The summed E-state index contributed by atoms with van der Waals surface area (Å²) >= 11 is 0. The lowest BCUT2D eigenvalue weighted by Gasteiger charge is -2.39. The first-order valence-electron chi connectivity index (χ1n) is 12.3. The van der Waals surface area contributed by atoms with Crippen molar-refractivity contribution in [2.45, 2.75) is 31.5 Å². The molecule has 37 heavy (non-hydrogen) atoms. The maximum Gasteiger partial charge on any atom is 0.251 e. The lowest BCUT2D eigenvalue weighted by Crippen LogP contribution is -2.52. The topological polar surface area (TPSA) is 92.4 Å². The number of benzene rings is 2. The number of hydrogen-bond acceptors (Lipinski definition) is 6. The van der Waals surface area contributed by atoms with Gasteiger partial charge in [-0.2, -0.15) is 5.10 Å². The number of carbonyl (C=O) groups is 1. The predicted octanol–water partition coefficient (Wildman–Crippen LogP) is 4.18. The van der Waals surface area contributed by atoms with Crippen molar-refractivity contribution in [2.24, 2.45) is 0 Å². The monoisotopic (exact) mass is 503 g/mol. The number of aromatic amines is 1. The fraction of sp³-hybridized carbons (Fsp3) is 0.321. The fourth-order valence-corrected chi connectivity index (χ4v) is 5.03. The molecule has 9 heteroatoms. The van der Waals surface area contributed by atoms with Gasteiger partial charge in [-0.25, -0.2) is 4.39 Å². The van der Waals surface area contributed by atoms with Crippen molar-refractivity contribution >= 4 is 16.8 Å². The van der Waals surface area contributed by atoms with Crippen LogP contribution in [0, 0.1) is 5.82 Å². The highest BCUT2D eigenvalue weighted by Crippen LogP contribution is 2.28. The van der Waals surface area contributed by atoms with Crippen LogP contribution in [0.5, 0.6) is 5.75 Å². The molecule has 0 spiro atoms. The summed E-state index contributed by atoms with van der Waals surface area (Å²) in [7, 11) is 3.21. The molecule has 1 amide bonds. The number of nitrogens with zero attached hydrogens (tertiary/aromatic N) is 3. The second kappa shape index (κ2) is 11.1. The SMILES string of the molecule is COC[C@H]1CC[C@@H](NC(=O)c2ccc3[nH]nc(-c4ccncc4)c3c2)CN1Cc1c(F)cccc1OC. The van der Waals surface area contributed by atoms with Crippen LogP contribution in [0.1, 0.15) is 28.8 Å². The van der Waals surface area contributed by atoms with Crippen molar-refractivity contribution in [3.05, 3.63) is 77.9 Å². The average molecular weight is 504 g/mol. The number of fused-ring (bicyclic) bond motifs is 1. The number of rotatable bonds is 8. The van der Waals surface area contributed by atoms with Gasteiger partial charge >= 0.3 is 0 Å². The summed E-state index contributed by atoms with van der Waals surface area (Å²) < 4.78 is 25.5. The van der Waals surface area contributed by atoms with Crippen molar-refractivity contribution in [1.82, 2.24) is 25.4 Å². The molecular weight excluding hydrogens is 473 g/mol. The Morgan fingerprint density at radius 1 is 1.16 bits per heavy atom. The summed E-state index contributed by atoms with van der Waals surface area (Å²) in [5, 5.41) is 11.5. The zero-order valence-corrected chi connectivity index (χ0v) is 20.9. The van der Waals surface area contributed by atoms with Crippen LogP contribution in [-0.4, -0.2) is 65.4 Å². The van der Waals surface area contributed by atoms with Crippen molar-refractivity contribution < 1.29 is 18.7 Å². The van der Waals surface area contributed by atoms with Gasteiger partial charge in [0.05, 0.1) is 19.2 Å². The molecule has 1 saturated heterocycles. The summed E-state index contributed by atoms with van der Waals surface area (Å²) in [6.45, 7) is 1.48. The Morgan fingerprint density at radius 3 is 2.78 bits per heavy atom. The minimum absolute atomic E-state index is 0.0851. The van der Waals surface area contributed by atoms with E-state index in [-0.39, 0.29) is 23.8 Å². The summed E-state index contributed by atoms with van der Waals surface area (Å²) in [6.07, 6.45) is 5.06. The molecular formula is C28H30FN5O3. The highest BCUT2D eigenvalue weighted by atomic mass is 19.1. The Kier molecular flexibility index (Phi) is 7.43. The number of amides is 1. The van der Waals surface area contributed by atoms with Crippen LogP contribution in [0.3, 0.4) is 0 Å². The van der Waals surface area contributed by atoms with E-state index < -0.39 is 0 Å². The van der Waals surface area contributed by atoms with E-state index in [1.54, 1.807) is 44.8 Å². The Hall–Kier alpha value is -3.82. The molecule has 8 nitrogen and oxygen atoms in total. The van der Waals surface area contributed by atoms with Gasteiger partial charge in [-0.05, 0) is 55.3 Å². The van der Waals surface area contributed by atoms with E-state index in [2.05, 4.69) is 25.4 Å². The highest BCUT2D eigenvalue weighted by Gasteiger charge is 2.30. The molecule has 0 radical (unpaired) electrons. The molecule has 4 aromatic rings. The number of methoxy groups -OCH3 is 2. The smallest absolute Gasteiger partial charge is 0.251 e. The van der Waals surface area contributed by atoms with Gasteiger partial charge in [0.1, 0.15) is 17.3 Å². The van der Waals surface area contributed by atoms with Crippen LogP contribution in [0.15, 0.2) is 60.9 Å². The van der Waals surface area contributed by atoms with Crippen molar-refractivity contribution in [3.63, 3.8) is 0 Å². The van der Waals surface area contributed by atoms with E-state index >= 15 is 0 Å². The summed E-state index contributed by atoms with van der Waals surface area (Å²) in [5.41, 5.74) is 3.62. The van der Waals surface area contributed by atoms with E-state index in [0.717, 1.165) is 35.0 Å². The standard InChI is InChI=1S/C28H30FN5O3/c1-36-17-21-8-7-20(15-34(21)16-23-24(29)4-3-5-26(23)37-2)31-28(35)19-6-9-25-22(14-19)27(33-32-25)18-10-12-30-13-11-18/h3-6,9-14,20-21H,7-8,15-17H2,1-2H3,(H,31,35)(H,32,33)/t20-,21-/m1/s1. The van der Waals surface area contributed by atoms with Crippen LogP contribution < -0.4 is 10.1 Å². The first-order valence-corrected chi connectivity index (χ1v) is 12.3. The van der Waals surface area contributed by atoms with E-state index in [1.165, 1.54) is 6.07 Å². The van der Waals surface area contributed by atoms with Gasteiger partial charge in [-0.3, -0.25) is 19.8 Å². The summed E-state index contributed by atoms with van der Waals surface area (Å²) in [4.78, 5) is 19.5. The number of hydrogen-bond donors (Lipinski definition) is 2. The Balaban J connectivity index is 1.33. The Morgan fingerprint density at radius 2 is 2.00 bits per heavy atom. The highest BCUT2D eigenvalue weighted by molar-refractivity contribution is 6.01. The van der Waals surface area contributed by atoms with E-state index in [9.17, 15) is 9.18 Å². The maximum atomic E-state index is 14.7. The van der Waals surface area contributed by atoms with Gasteiger partial charge in [0.25, 0.3) is 5.91 Å². The molecule has 0 bridgehead atoms. The summed E-state index contributed by atoms with van der Waals surface area (Å²) in [5.74, 6) is 0.0585. The zero-order chi connectivity index (χ0) is 25.8. The number of H-pyrrole nitrogens is 1. The van der Waals surface area contributed by atoms with Gasteiger partial charge < -0.3 is 14.8 Å². The average Bonchev–Trinajstić information content (AvgIpc) is 3.35. The van der Waals surface area contributed by atoms with Gasteiger partial charge in [-0.1, -0.05) is 6.07 Å². The fourth-order valence-electron chi connectivity index (χ4n) is 5.03. The van der Waals surface area contributed by atoms with Crippen molar-refractivity contribution in [2.75, 3.05) is 27.4 Å². The van der Waals surface area contributed by atoms with Crippen molar-refractivity contribution in [1.29, 1.82) is 0 Å². The molecule has 1 fully saturated rings. The Bertz CT molecular complexity index is 1380. The number of halogens is 1. The van der Waals surface area contributed by atoms with E-state index in [1.807, 2.05) is 24.3 Å². The second-order valence-electron chi connectivity index (χ2n) is 9.28. The number of nitrogens with one attached hydrogen (secondary N) is 2. The lowest BCUT2D eigenvalue weighted by molar-refractivity contribution is 0.0448. The number of likely N-dealkylation sites (tertiary alicyclic amines) is 1. The third-order valence-electron chi connectivity index (χ3n) is 6.95. The number of ether oxygens (including phenoxy) is 2. The quantitative estimate of drug-likeness (QED) is 0.375. The van der Waals surface area contributed by atoms with Crippen LogP contribution in [0.25, 0.3) is 22.2 Å². The lowest BCUT2D eigenvalue weighted by atomic mass is 9.97. The summed E-state index contributed by atoms with van der Waals surface area (Å²) in [6, 6.07) is 14.2. The molecule has 3 heterocycles. The second-order valence-corrected chi connectivity index (χ2v) is 9.28. The number of pyridine rings is 1. The Labute approximate surface area is 214 Å².